The van der Waals surface area contributed by atoms with E-state index in [0.29, 0.717) is 11.1 Å². The Hall–Kier alpha value is -5.60. The first-order chi connectivity index (χ1) is 21.6. The number of methoxy groups -OCH3 is 1. The van der Waals surface area contributed by atoms with Crippen molar-refractivity contribution < 1.29 is 62.0 Å². The van der Waals surface area contributed by atoms with E-state index in [0.717, 1.165) is 27.9 Å². The minimum Gasteiger partial charge on any atom is -0.467 e. The number of hydrogen-bond acceptors (Lipinski definition) is 13. The molecule has 46 heavy (non-hydrogen) atoms. The lowest BCUT2D eigenvalue weighted by atomic mass is 10.0. The summed E-state index contributed by atoms with van der Waals surface area (Å²) in [5, 5.41) is 4.88. The van der Waals surface area contributed by atoms with Crippen LogP contribution >= 0.6 is 0 Å². The van der Waals surface area contributed by atoms with Crippen molar-refractivity contribution >= 4 is 47.4 Å². The van der Waals surface area contributed by atoms with Gasteiger partial charge in [-0.15, -0.1) is 0 Å². The van der Waals surface area contributed by atoms with Crippen molar-refractivity contribution in [3.05, 3.63) is 47.5 Å². The molecule has 0 spiro atoms. The number of nitrogens with one attached hydrogen (secondary N) is 2. The fraction of sp³-hybridized carbons (Fsp3) is 0.355. The lowest BCUT2D eigenvalue weighted by Crippen LogP contribution is -2.46. The van der Waals surface area contributed by atoms with Crippen LogP contribution in [0.3, 0.4) is 0 Å². The van der Waals surface area contributed by atoms with Crippen LogP contribution in [-0.4, -0.2) is 66.6 Å². The summed E-state index contributed by atoms with van der Waals surface area (Å²) in [6.45, 7) is 5.86. The number of carbonyl (C=O) groups excluding carboxylic acids is 8. The summed E-state index contributed by atoms with van der Waals surface area (Å²) in [6, 6.07) is 6.06. The normalized spacial score (nSPS) is 11.6. The highest BCUT2D eigenvalue weighted by molar-refractivity contribution is 6.00. The van der Waals surface area contributed by atoms with Gasteiger partial charge in [-0.05, 0) is 48.7 Å². The minimum absolute atomic E-state index is 0.0189. The molecule has 2 N–H and O–H groups in total. The Morgan fingerprint density at radius 1 is 0.565 bits per heavy atom. The predicted molar refractivity (Wildman–Crippen MR) is 157 cm³/mol. The molecule has 2 atom stereocenters. The summed E-state index contributed by atoms with van der Waals surface area (Å²) >= 11 is 0. The van der Waals surface area contributed by atoms with E-state index in [9.17, 15) is 38.4 Å². The van der Waals surface area contributed by atoms with Crippen molar-refractivity contribution in [1.29, 1.82) is 0 Å². The lowest BCUT2D eigenvalue weighted by Gasteiger charge is -2.19. The Bertz CT molecular complexity index is 1530. The van der Waals surface area contributed by atoms with Gasteiger partial charge in [0.2, 0.25) is 11.8 Å². The lowest BCUT2D eigenvalue weighted by molar-refractivity contribution is -0.145. The quantitative estimate of drug-likeness (QED) is 0.169. The first-order valence-corrected chi connectivity index (χ1v) is 13.7. The summed E-state index contributed by atoms with van der Waals surface area (Å²) in [5.41, 5.74) is 0.826. The molecule has 0 bridgehead atoms. The third-order valence-corrected chi connectivity index (χ3v) is 5.88. The third-order valence-electron chi connectivity index (χ3n) is 5.88. The van der Waals surface area contributed by atoms with Crippen LogP contribution in [0.5, 0.6) is 23.0 Å². The highest BCUT2D eigenvalue weighted by atomic mass is 16.6. The van der Waals surface area contributed by atoms with Gasteiger partial charge >= 0.3 is 29.8 Å². The molecule has 2 aromatic carbocycles. The maximum Gasteiger partial charge on any atom is 0.328 e. The number of rotatable bonds is 14. The zero-order valence-electron chi connectivity index (χ0n) is 26.0. The molecular weight excluding hydrogens is 608 g/mol. The van der Waals surface area contributed by atoms with Gasteiger partial charge in [-0.25, -0.2) is 4.79 Å². The number of hydrogen-bond donors (Lipinski definition) is 2. The molecule has 0 saturated heterocycles. The van der Waals surface area contributed by atoms with Gasteiger partial charge in [0, 0.05) is 34.1 Å². The van der Waals surface area contributed by atoms with E-state index in [4.69, 9.17) is 23.7 Å². The number of ketones is 1. The van der Waals surface area contributed by atoms with Gasteiger partial charge < -0.3 is 34.3 Å². The molecule has 0 aliphatic heterocycles. The molecule has 0 radical (unpaired) electrons. The molecule has 0 heterocycles. The fourth-order valence-electron chi connectivity index (χ4n) is 4.05. The van der Waals surface area contributed by atoms with Gasteiger partial charge in [0.1, 0.15) is 12.5 Å². The number of amides is 2. The summed E-state index contributed by atoms with van der Waals surface area (Å²) in [7, 11) is 1.10. The van der Waals surface area contributed by atoms with Crippen LogP contribution < -0.4 is 29.6 Å². The highest BCUT2D eigenvalue weighted by Gasteiger charge is 2.26. The van der Waals surface area contributed by atoms with Gasteiger partial charge in [0.15, 0.2) is 28.8 Å². The smallest absolute Gasteiger partial charge is 0.328 e. The van der Waals surface area contributed by atoms with E-state index in [-0.39, 0.29) is 35.8 Å². The van der Waals surface area contributed by atoms with Crippen LogP contribution in [0.15, 0.2) is 36.4 Å². The van der Waals surface area contributed by atoms with E-state index >= 15 is 0 Å². The van der Waals surface area contributed by atoms with Crippen LogP contribution in [0.4, 0.5) is 0 Å². The van der Waals surface area contributed by atoms with E-state index < -0.39 is 65.9 Å². The maximum atomic E-state index is 12.8. The molecule has 0 aliphatic carbocycles. The number of carbonyl (C=O) groups is 8. The van der Waals surface area contributed by atoms with Crippen molar-refractivity contribution in [2.24, 2.45) is 0 Å². The molecule has 246 valence electrons. The molecule has 15 nitrogen and oxygen atoms in total. The molecule has 0 aliphatic rings. The summed E-state index contributed by atoms with van der Waals surface area (Å²) in [4.78, 5) is 96.1. The van der Waals surface area contributed by atoms with Gasteiger partial charge in [-0.3, -0.25) is 33.6 Å². The van der Waals surface area contributed by atoms with Crippen molar-refractivity contribution in [3.8, 4) is 23.0 Å². The molecule has 2 aromatic rings. The van der Waals surface area contributed by atoms with E-state index in [1.54, 1.807) is 0 Å². The third kappa shape index (κ3) is 12.2. The Balaban J connectivity index is 2.14. The number of benzene rings is 2. The van der Waals surface area contributed by atoms with E-state index in [1.807, 2.05) is 0 Å². The number of Topliss-reactive ketones (excluding diaryl/α,β-unsaturated/α-hetero) is 1. The monoisotopic (exact) mass is 642 g/mol. The van der Waals surface area contributed by atoms with Crippen LogP contribution in [0.2, 0.25) is 0 Å². The Labute approximate surface area is 263 Å². The van der Waals surface area contributed by atoms with Crippen LogP contribution in [0, 0.1) is 0 Å². The van der Waals surface area contributed by atoms with Gasteiger partial charge in [-0.2, -0.15) is 0 Å². The van der Waals surface area contributed by atoms with Crippen molar-refractivity contribution in [2.45, 2.75) is 66.0 Å². The molecule has 0 saturated carbocycles. The Kier molecular flexibility index (Phi) is 13.6. The Morgan fingerprint density at radius 2 is 0.935 bits per heavy atom. The minimum atomic E-state index is -1.27. The van der Waals surface area contributed by atoms with Crippen LogP contribution in [0.1, 0.15) is 52.2 Å². The first-order valence-electron chi connectivity index (χ1n) is 13.7. The topological polar surface area (TPSA) is 207 Å². The number of esters is 5. The standard InChI is InChI=1S/C31H34N2O13/c1-16(34)23(11-21-7-9-25(43-17(2)35)27(13-21)45-19(4)37)32-29(39)15-30(40)33-24(31(41)42-6)12-22-8-10-26(44-18(3)36)28(14-22)46-20(5)38/h7-10,13-14,23-24H,11-12,15H2,1-6H3,(H,32,39)(H,33,40). The second-order valence-corrected chi connectivity index (χ2v) is 9.90. The second-order valence-electron chi connectivity index (χ2n) is 9.90. The molecular formula is C31H34N2O13. The summed E-state index contributed by atoms with van der Waals surface area (Å²) < 4.78 is 25.0. The molecule has 15 heteroatoms. The molecule has 2 amide bonds. The molecule has 0 aromatic heterocycles. The SMILES string of the molecule is COC(=O)C(Cc1ccc(OC(C)=O)c(OC(C)=O)c1)NC(=O)CC(=O)NC(Cc1ccc(OC(C)=O)c(OC(C)=O)c1)C(C)=O. The largest absolute Gasteiger partial charge is 0.467 e. The summed E-state index contributed by atoms with van der Waals surface area (Å²) in [5.74, 6) is -5.87. The van der Waals surface area contributed by atoms with Crippen molar-refractivity contribution in [3.63, 3.8) is 0 Å². The predicted octanol–water partition coefficient (Wildman–Crippen LogP) is 1.29. The maximum absolute atomic E-state index is 12.8. The Morgan fingerprint density at radius 3 is 1.30 bits per heavy atom. The highest BCUT2D eigenvalue weighted by Crippen LogP contribution is 2.30. The zero-order chi connectivity index (χ0) is 34.6. The van der Waals surface area contributed by atoms with E-state index in [2.05, 4.69) is 10.6 Å². The molecule has 0 fully saturated rings. The van der Waals surface area contributed by atoms with Crippen LogP contribution in [-0.2, 0) is 55.9 Å². The van der Waals surface area contributed by atoms with Crippen molar-refractivity contribution in [1.82, 2.24) is 10.6 Å². The van der Waals surface area contributed by atoms with Crippen molar-refractivity contribution in [2.75, 3.05) is 7.11 Å². The molecule has 2 rings (SSSR count). The average Bonchev–Trinajstić information content (AvgIpc) is 2.93. The number of ether oxygens (including phenoxy) is 5. The summed E-state index contributed by atoms with van der Waals surface area (Å²) in [6.07, 6.45) is -0.972. The second kappa shape index (κ2) is 17.0. The average molecular weight is 643 g/mol. The fourth-order valence-corrected chi connectivity index (χ4v) is 4.05. The van der Waals surface area contributed by atoms with Gasteiger partial charge in [0.05, 0.1) is 13.2 Å². The zero-order valence-corrected chi connectivity index (χ0v) is 26.0. The first kappa shape index (κ1) is 36.6. The van der Waals surface area contributed by atoms with Gasteiger partial charge in [-0.1, -0.05) is 12.1 Å². The van der Waals surface area contributed by atoms with Gasteiger partial charge in [0.25, 0.3) is 0 Å². The van der Waals surface area contributed by atoms with Crippen LogP contribution in [0.25, 0.3) is 0 Å². The molecule has 2 unspecified atom stereocenters. The van der Waals surface area contributed by atoms with E-state index in [1.165, 1.54) is 50.2 Å².